The van der Waals surface area contributed by atoms with E-state index in [2.05, 4.69) is 15.0 Å². The van der Waals surface area contributed by atoms with Crippen LogP contribution in [0.3, 0.4) is 0 Å². The fraction of sp³-hybridized carbons (Fsp3) is 0. The van der Waals surface area contributed by atoms with Gasteiger partial charge >= 0.3 is 0 Å². The van der Waals surface area contributed by atoms with Gasteiger partial charge in [-0.2, -0.15) is 0 Å². The fourth-order valence-corrected chi connectivity index (χ4v) is 0.928. The summed E-state index contributed by atoms with van der Waals surface area (Å²) in [5.41, 5.74) is 0.220. The summed E-state index contributed by atoms with van der Waals surface area (Å²) in [6, 6.07) is 1.76. The van der Waals surface area contributed by atoms with Gasteiger partial charge in [0.1, 0.15) is 0 Å². The molecule has 0 unspecified atom stereocenters. The van der Waals surface area contributed by atoms with E-state index in [1.54, 1.807) is 24.7 Å². The van der Waals surface area contributed by atoms with E-state index in [0.29, 0.717) is 5.52 Å². The van der Waals surface area contributed by atoms with Gasteiger partial charge in [0.25, 0.3) is 5.56 Å². The smallest absolute Gasteiger partial charge is 0.266 e. The molecule has 0 saturated carbocycles. The highest BCUT2D eigenvalue weighted by molar-refractivity contribution is 5.75. The second-order valence-electron chi connectivity index (χ2n) is 2.29. The molecule has 4 nitrogen and oxygen atoms in total. The third kappa shape index (κ3) is 1.14. The lowest BCUT2D eigenvalue weighted by atomic mass is 10.3. The molecule has 2 rings (SSSR count). The number of fused-ring (bicyclic) bond motifs is 1. The lowest BCUT2D eigenvalue weighted by molar-refractivity contribution is 1.25. The second-order valence-corrected chi connectivity index (χ2v) is 2.29. The first kappa shape index (κ1) is 6.84. The maximum Gasteiger partial charge on any atom is 0.288 e. The van der Waals surface area contributed by atoms with E-state index in [0.717, 1.165) is 5.39 Å². The van der Waals surface area contributed by atoms with Gasteiger partial charge in [0, 0.05) is 17.8 Å². The van der Waals surface area contributed by atoms with Crippen LogP contribution < -0.4 is 5.56 Å². The van der Waals surface area contributed by atoms with Crippen molar-refractivity contribution < 1.29 is 0 Å². The van der Waals surface area contributed by atoms with E-state index in [9.17, 15) is 4.79 Å². The molecule has 12 heavy (non-hydrogen) atoms. The number of rotatable bonds is 0. The first-order valence-electron chi connectivity index (χ1n) is 3.42. The van der Waals surface area contributed by atoms with Crippen LogP contribution in [0.1, 0.15) is 0 Å². The SMILES string of the molecule is O=c1cncc2ccncc2n1. The molecule has 0 amide bonds. The van der Waals surface area contributed by atoms with Gasteiger partial charge in [-0.05, 0) is 6.07 Å². The minimum atomic E-state index is -0.349. The summed E-state index contributed by atoms with van der Waals surface area (Å²) in [6.45, 7) is 0. The van der Waals surface area contributed by atoms with E-state index in [1.807, 2.05) is 0 Å². The van der Waals surface area contributed by atoms with Crippen molar-refractivity contribution in [3.8, 4) is 0 Å². The van der Waals surface area contributed by atoms with Gasteiger partial charge in [0.05, 0.1) is 17.9 Å². The molecule has 2 aromatic heterocycles. The van der Waals surface area contributed by atoms with E-state index in [1.165, 1.54) is 6.20 Å². The Morgan fingerprint density at radius 3 is 2.92 bits per heavy atom. The molecule has 0 saturated heterocycles. The van der Waals surface area contributed by atoms with Crippen LogP contribution in [0.4, 0.5) is 0 Å². The topological polar surface area (TPSA) is 55.7 Å². The Labute approximate surface area is 67.9 Å². The molecule has 0 radical (unpaired) electrons. The Kier molecular flexibility index (Phi) is 1.51. The average Bonchev–Trinajstić information content (AvgIpc) is 2.25. The molecular weight excluding hydrogens is 154 g/mol. The molecule has 0 aliphatic rings. The first-order chi connectivity index (χ1) is 5.86. The van der Waals surface area contributed by atoms with Crippen molar-refractivity contribution in [3.05, 3.63) is 41.2 Å². The van der Waals surface area contributed by atoms with Crippen LogP contribution in [0.2, 0.25) is 0 Å². The highest BCUT2D eigenvalue weighted by atomic mass is 16.1. The Hall–Kier alpha value is -1.84. The third-order valence-corrected chi connectivity index (χ3v) is 1.46. The predicted molar refractivity (Wildman–Crippen MR) is 43.6 cm³/mol. The summed E-state index contributed by atoms with van der Waals surface area (Å²) < 4.78 is 0. The van der Waals surface area contributed by atoms with Crippen LogP contribution in [0.5, 0.6) is 0 Å². The Balaban J connectivity index is 2.98. The summed E-state index contributed by atoms with van der Waals surface area (Å²) in [6.07, 6.45) is 5.94. The van der Waals surface area contributed by atoms with Crippen molar-refractivity contribution in [1.82, 2.24) is 15.0 Å². The fourth-order valence-electron chi connectivity index (χ4n) is 0.928. The largest absolute Gasteiger partial charge is 0.288 e. The van der Waals surface area contributed by atoms with E-state index >= 15 is 0 Å². The lowest BCUT2D eigenvalue weighted by Crippen LogP contribution is -1.98. The maximum atomic E-state index is 10.9. The van der Waals surface area contributed by atoms with Crippen molar-refractivity contribution in [2.45, 2.75) is 0 Å². The van der Waals surface area contributed by atoms with E-state index < -0.39 is 0 Å². The predicted octanol–water partition coefficient (Wildman–Crippen LogP) is 0.385. The molecule has 58 valence electrons. The number of nitrogens with zero attached hydrogens (tertiary/aromatic N) is 3. The van der Waals surface area contributed by atoms with Crippen molar-refractivity contribution >= 4 is 10.9 Å². The maximum absolute atomic E-state index is 10.9. The number of hydrogen-bond acceptors (Lipinski definition) is 4. The quantitative estimate of drug-likeness (QED) is 0.557. The number of aromatic nitrogens is 3. The Bertz CT molecular complexity index is 469. The molecule has 0 N–H and O–H groups in total. The Morgan fingerprint density at radius 1 is 1.08 bits per heavy atom. The van der Waals surface area contributed by atoms with Crippen LogP contribution in [0.25, 0.3) is 10.9 Å². The third-order valence-electron chi connectivity index (χ3n) is 1.46. The van der Waals surface area contributed by atoms with Gasteiger partial charge in [0.15, 0.2) is 0 Å². The van der Waals surface area contributed by atoms with Crippen molar-refractivity contribution in [3.63, 3.8) is 0 Å². The monoisotopic (exact) mass is 159 g/mol. The van der Waals surface area contributed by atoms with E-state index in [4.69, 9.17) is 0 Å². The zero-order valence-corrected chi connectivity index (χ0v) is 6.14. The molecule has 0 spiro atoms. The van der Waals surface area contributed by atoms with Crippen LogP contribution in [-0.2, 0) is 0 Å². The molecule has 2 aromatic rings. The molecule has 0 aliphatic carbocycles. The zero-order valence-electron chi connectivity index (χ0n) is 6.14. The first-order valence-corrected chi connectivity index (χ1v) is 3.42. The number of pyridine rings is 1. The lowest BCUT2D eigenvalue weighted by Gasteiger charge is -1.84. The zero-order chi connectivity index (χ0) is 8.39. The van der Waals surface area contributed by atoms with Crippen LogP contribution >= 0.6 is 0 Å². The van der Waals surface area contributed by atoms with Gasteiger partial charge < -0.3 is 0 Å². The molecule has 0 fully saturated rings. The van der Waals surface area contributed by atoms with Gasteiger partial charge in [-0.25, -0.2) is 4.98 Å². The summed E-state index contributed by atoms with van der Waals surface area (Å²) >= 11 is 0. The van der Waals surface area contributed by atoms with Crippen molar-refractivity contribution in [1.29, 1.82) is 0 Å². The van der Waals surface area contributed by atoms with E-state index in [-0.39, 0.29) is 5.56 Å². The summed E-state index contributed by atoms with van der Waals surface area (Å²) in [5, 5.41) is 0.812. The molecule has 0 atom stereocenters. The van der Waals surface area contributed by atoms with Crippen molar-refractivity contribution in [2.24, 2.45) is 0 Å². The Morgan fingerprint density at radius 2 is 2.00 bits per heavy atom. The second kappa shape index (κ2) is 2.65. The van der Waals surface area contributed by atoms with Crippen LogP contribution in [0.15, 0.2) is 35.6 Å². The molecule has 4 heteroatoms. The number of hydrogen-bond donors (Lipinski definition) is 0. The summed E-state index contributed by atoms with van der Waals surface area (Å²) in [4.78, 5) is 22.3. The molecule has 0 aromatic carbocycles. The van der Waals surface area contributed by atoms with Gasteiger partial charge in [-0.3, -0.25) is 14.8 Å². The van der Waals surface area contributed by atoms with Gasteiger partial charge in [-0.1, -0.05) is 0 Å². The summed E-state index contributed by atoms with van der Waals surface area (Å²) in [7, 11) is 0. The highest BCUT2D eigenvalue weighted by Gasteiger charge is 1.91. The standard InChI is InChI=1S/C8H5N3O/c12-8-5-10-3-6-1-2-9-4-7(6)11-8/h1-5H. The molecular formula is C8H5N3O. The molecule has 0 bridgehead atoms. The minimum absolute atomic E-state index is 0.349. The highest BCUT2D eigenvalue weighted by Crippen LogP contribution is 2.02. The summed E-state index contributed by atoms with van der Waals surface area (Å²) in [5.74, 6) is 0. The normalized spacial score (nSPS) is 10.0. The van der Waals surface area contributed by atoms with Gasteiger partial charge in [0.2, 0.25) is 0 Å². The molecule has 0 aliphatic heterocycles. The van der Waals surface area contributed by atoms with Crippen LogP contribution in [-0.4, -0.2) is 15.0 Å². The minimum Gasteiger partial charge on any atom is -0.266 e. The van der Waals surface area contributed by atoms with Crippen molar-refractivity contribution in [2.75, 3.05) is 0 Å². The van der Waals surface area contributed by atoms with Gasteiger partial charge in [-0.15, -0.1) is 0 Å². The van der Waals surface area contributed by atoms with Crippen LogP contribution in [0, 0.1) is 0 Å². The molecule has 2 heterocycles. The average molecular weight is 159 g/mol.